The Bertz CT molecular complexity index is 844. The van der Waals surface area contributed by atoms with Gasteiger partial charge in [-0.15, -0.1) is 18.2 Å². The van der Waals surface area contributed by atoms with Crippen molar-refractivity contribution in [3.05, 3.63) is 59.7 Å². The molecule has 0 saturated carbocycles. The molecule has 6 heteroatoms. The van der Waals surface area contributed by atoms with E-state index in [4.69, 9.17) is 11.2 Å². The fourth-order valence-corrected chi connectivity index (χ4v) is 3.89. The van der Waals surface area contributed by atoms with Crippen molar-refractivity contribution < 1.29 is 19.4 Å². The molecule has 5 nitrogen and oxygen atoms in total. The van der Waals surface area contributed by atoms with Gasteiger partial charge in [0.1, 0.15) is 12.6 Å². The minimum Gasteiger partial charge on any atom is -0.480 e. The first-order valence-electron chi connectivity index (χ1n) is 8.47. The molecule has 0 aliphatic heterocycles. The summed E-state index contributed by atoms with van der Waals surface area (Å²) in [5, 5.41) is 11.6. The molecule has 2 aromatic rings. The molecule has 0 fully saturated rings. The van der Waals surface area contributed by atoms with Crippen LogP contribution in [-0.2, 0) is 9.53 Å². The van der Waals surface area contributed by atoms with Gasteiger partial charge in [-0.3, -0.25) is 0 Å². The largest absolute Gasteiger partial charge is 0.480 e. The van der Waals surface area contributed by atoms with Crippen LogP contribution in [0.5, 0.6) is 0 Å². The van der Waals surface area contributed by atoms with E-state index in [0.29, 0.717) is 5.75 Å². The highest BCUT2D eigenvalue weighted by atomic mass is 32.2. The van der Waals surface area contributed by atoms with Crippen LogP contribution in [0, 0.1) is 12.3 Å². The summed E-state index contributed by atoms with van der Waals surface area (Å²) >= 11 is 1.27. The average Bonchev–Trinajstić information content (AvgIpc) is 2.99. The number of carbonyl (C=O) groups excluding carboxylic acids is 1. The van der Waals surface area contributed by atoms with Crippen molar-refractivity contribution in [2.45, 2.75) is 12.0 Å². The molecule has 1 atom stereocenters. The van der Waals surface area contributed by atoms with Crippen LogP contribution in [0.2, 0.25) is 0 Å². The van der Waals surface area contributed by atoms with Crippen molar-refractivity contribution in [2.24, 2.45) is 0 Å². The van der Waals surface area contributed by atoms with Gasteiger partial charge in [0.05, 0.1) is 5.75 Å². The highest BCUT2D eigenvalue weighted by Crippen LogP contribution is 2.44. The zero-order valence-electron chi connectivity index (χ0n) is 14.6. The smallest absolute Gasteiger partial charge is 0.407 e. The summed E-state index contributed by atoms with van der Waals surface area (Å²) in [6.45, 7) is 0.143. The van der Waals surface area contributed by atoms with Crippen molar-refractivity contribution >= 4 is 23.8 Å². The number of rotatable bonds is 7. The first-order valence-corrected chi connectivity index (χ1v) is 9.62. The van der Waals surface area contributed by atoms with Crippen LogP contribution in [0.15, 0.2) is 48.5 Å². The zero-order chi connectivity index (χ0) is 19.2. The molecule has 0 radical (unpaired) electrons. The van der Waals surface area contributed by atoms with Crippen LogP contribution in [0.1, 0.15) is 17.0 Å². The first kappa shape index (κ1) is 18.9. The second-order valence-electron chi connectivity index (χ2n) is 6.08. The number of fused-ring (bicyclic) bond motifs is 3. The van der Waals surface area contributed by atoms with Gasteiger partial charge in [-0.25, -0.2) is 9.59 Å². The second kappa shape index (κ2) is 8.65. The Morgan fingerprint density at radius 2 is 1.74 bits per heavy atom. The number of benzene rings is 2. The summed E-state index contributed by atoms with van der Waals surface area (Å²) in [5.74, 6) is 1.81. The van der Waals surface area contributed by atoms with E-state index in [0.717, 1.165) is 22.3 Å². The highest BCUT2D eigenvalue weighted by Gasteiger charge is 2.29. The molecule has 0 saturated heterocycles. The maximum Gasteiger partial charge on any atom is 0.407 e. The number of carboxylic acid groups (broad SMARTS) is 1. The third-order valence-corrected chi connectivity index (χ3v) is 5.34. The van der Waals surface area contributed by atoms with Gasteiger partial charge in [0.15, 0.2) is 0 Å². The van der Waals surface area contributed by atoms with E-state index in [-0.39, 0.29) is 18.3 Å². The molecule has 0 heterocycles. The summed E-state index contributed by atoms with van der Waals surface area (Å²) in [6.07, 6.45) is 4.41. The van der Waals surface area contributed by atoms with E-state index in [2.05, 4.69) is 23.4 Å². The van der Waals surface area contributed by atoms with Crippen LogP contribution in [-0.4, -0.2) is 41.3 Å². The minimum absolute atomic E-state index is 0.0674. The third kappa shape index (κ3) is 4.26. The summed E-state index contributed by atoms with van der Waals surface area (Å²) in [5.41, 5.74) is 4.48. The number of alkyl carbamates (subject to hydrolysis) is 1. The highest BCUT2D eigenvalue weighted by molar-refractivity contribution is 7.99. The number of terminal acetylenes is 1. The van der Waals surface area contributed by atoms with E-state index < -0.39 is 18.1 Å². The van der Waals surface area contributed by atoms with Crippen molar-refractivity contribution in [2.75, 3.05) is 18.1 Å². The summed E-state index contributed by atoms with van der Waals surface area (Å²) in [7, 11) is 0. The van der Waals surface area contributed by atoms with Crippen LogP contribution in [0.3, 0.4) is 0 Å². The molecular weight excluding hydrogens is 362 g/mol. The van der Waals surface area contributed by atoms with E-state index in [9.17, 15) is 14.7 Å². The minimum atomic E-state index is -1.12. The maximum absolute atomic E-state index is 12.1. The molecule has 3 rings (SSSR count). The molecule has 1 aliphatic rings. The molecule has 2 aromatic carbocycles. The molecule has 1 aliphatic carbocycles. The van der Waals surface area contributed by atoms with Crippen LogP contribution in [0.4, 0.5) is 4.79 Å². The summed E-state index contributed by atoms with van der Waals surface area (Å²) in [4.78, 5) is 23.4. The number of thioether (sulfide) groups is 1. The molecule has 2 N–H and O–H groups in total. The molecule has 0 spiro atoms. The number of nitrogens with one attached hydrogen (secondary N) is 1. The fourth-order valence-electron chi connectivity index (χ4n) is 3.19. The third-order valence-electron chi connectivity index (χ3n) is 4.40. The quantitative estimate of drug-likeness (QED) is 0.568. The molecular formula is C21H19NO4S. The van der Waals surface area contributed by atoms with Crippen molar-refractivity contribution in [1.82, 2.24) is 5.32 Å². The lowest BCUT2D eigenvalue weighted by Crippen LogP contribution is -2.43. The first-order chi connectivity index (χ1) is 13.1. The summed E-state index contributed by atoms with van der Waals surface area (Å²) < 4.78 is 5.36. The van der Waals surface area contributed by atoms with Gasteiger partial charge in [-0.05, 0) is 22.3 Å². The Labute approximate surface area is 162 Å². The standard InChI is InChI=1S/C21H19NO4S/c1-2-11-27-13-19(20(23)24)22-21(25)26-12-18-16-9-5-3-7-14(16)15-8-4-6-10-17(15)18/h1,3-10,18-19H,11-13H2,(H,22,25)(H,23,24)/t19-/m0/s1. The Kier molecular flexibility index (Phi) is 6.05. The van der Waals surface area contributed by atoms with Crippen molar-refractivity contribution in [3.8, 4) is 23.5 Å². The van der Waals surface area contributed by atoms with Gasteiger partial charge < -0.3 is 15.2 Å². The lowest BCUT2D eigenvalue weighted by molar-refractivity contribution is -0.138. The Balaban J connectivity index is 1.65. The average molecular weight is 381 g/mol. The van der Waals surface area contributed by atoms with Gasteiger partial charge in [0, 0.05) is 11.7 Å². The fraction of sp³-hybridized carbons (Fsp3) is 0.238. The van der Waals surface area contributed by atoms with E-state index in [1.807, 2.05) is 36.4 Å². The van der Waals surface area contributed by atoms with Crippen molar-refractivity contribution in [1.29, 1.82) is 0 Å². The predicted octanol–water partition coefficient (Wildman–Crippen LogP) is 3.34. The Morgan fingerprint density at radius 3 is 2.30 bits per heavy atom. The number of hydrogen-bond acceptors (Lipinski definition) is 4. The Hall–Kier alpha value is -2.91. The van der Waals surface area contributed by atoms with E-state index in [1.165, 1.54) is 11.8 Å². The lowest BCUT2D eigenvalue weighted by atomic mass is 9.98. The van der Waals surface area contributed by atoms with Crippen LogP contribution >= 0.6 is 11.8 Å². The summed E-state index contributed by atoms with van der Waals surface area (Å²) in [6, 6.07) is 15.0. The predicted molar refractivity (Wildman–Crippen MR) is 106 cm³/mol. The number of hydrogen-bond donors (Lipinski definition) is 2. The molecule has 27 heavy (non-hydrogen) atoms. The molecule has 0 aromatic heterocycles. The van der Waals surface area contributed by atoms with E-state index >= 15 is 0 Å². The maximum atomic E-state index is 12.1. The normalized spacial score (nSPS) is 13.1. The molecule has 0 unspecified atom stereocenters. The zero-order valence-corrected chi connectivity index (χ0v) is 15.4. The van der Waals surface area contributed by atoms with Gasteiger partial charge in [-0.1, -0.05) is 54.5 Å². The van der Waals surface area contributed by atoms with Gasteiger partial charge in [0.25, 0.3) is 0 Å². The SMILES string of the molecule is C#CCSC[C@H](NC(=O)OCC1c2ccccc2-c2ccccc21)C(=O)O. The number of amides is 1. The van der Waals surface area contributed by atoms with Crippen LogP contribution < -0.4 is 5.32 Å². The Morgan fingerprint density at radius 1 is 1.15 bits per heavy atom. The van der Waals surface area contributed by atoms with Gasteiger partial charge in [0.2, 0.25) is 0 Å². The lowest BCUT2D eigenvalue weighted by Gasteiger charge is -2.17. The van der Waals surface area contributed by atoms with Gasteiger partial charge in [-0.2, -0.15) is 0 Å². The van der Waals surface area contributed by atoms with E-state index in [1.54, 1.807) is 0 Å². The van der Waals surface area contributed by atoms with Crippen LogP contribution in [0.25, 0.3) is 11.1 Å². The number of carbonyl (C=O) groups is 2. The number of ether oxygens (including phenoxy) is 1. The topological polar surface area (TPSA) is 75.6 Å². The van der Waals surface area contributed by atoms with Gasteiger partial charge >= 0.3 is 12.1 Å². The molecule has 0 bridgehead atoms. The molecule has 138 valence electrons. The number of carboxylic acids is 1. The number of aliphatic carboxylic acids is 1. The molecule has 1 amide bonds. The monoisotopic (exact) mass is 381 g/mol. The second-order valence-corrected chi connectivity index (χ2v) is 7.11. The van der Waals surface area contributed by atoms with Crippen molar-refractivity contribution in [3.63, 3.8) is 0 Å².